The number of hydrogen-bond donors (Lipinski definition) is 0. The van der Waals surface area contributed by atoms with E-state index in [-0.39, 0.29) is 16.9 Å². The number of rotatable bonds is 14. The zero-order valence-corrected chi connectivity index (χ0v) is 29.0. The molecule has 0 saturated carbocycles. The minimum atomic E-state index is -0.596. The van der Waals surface area contributed by atoms with Crippen LogP contribution < -0.4 is 18.9 Å². The standard InChI is InChI=1S/C43H40O8/c1-4-7-29-10-14-31(15-11-29)40(44)48-36-22-18-33(19-23-36)42(46)50-38-26-27-39(35(28-38)9-6-3)51-43(47)34-20-24-37(25-21-34)49-41(45)32-16-12-30(8-5-2)13-17-32/h10-28H,4-9H2,1-3H3. The lowest BCUT2D eigenvalue weighted by atomic mass is 10.1. The molecule has 0 bridgehead atoms. The number of carbonyl (C=O) groups excluding carboxylic acids is 4. The normalized spacial score (nSPS) is 10.6. The molecule has 0 heterocycles. The predicted molar refractivity (Wildman–Crippen MR) is 194 cm³/mol. The van der Waals surface area contributed by atoms with Crippen molar-refractivity contribution in [1.29, 1.82) is 0 Å². The Hall–Kier alpha value is -6.02. The second kappa shape index (κ2) is 17.6. The third-order valence-corrected chi connectivity index (χ3v) is 8.02. The maximum Gasteiger partial charge on any atom is 0.343 e. The van der Waals surface area contributed by atoms with E-state index in [2.05, 4.69) is 13.8 Å². The highest BCUT2D eigenvalue weighted by Gasteiger charge is 2.17. The number of aryl methyl sites for hydroxylation is 3. The lowest BCUT2D eigenvalue weighted by Gasteiger charge is -2.12. The van der Waals surface area contributed by atoms with Crippen molar-refractivity contribution in [2.45, 2.75) is 59.3 Å². The molecule has 0 saturated heterocycles. The first-order chi connectivity index (χ1) is 24.8. The molecule has 0 fully saturated rings. The molecule has 0 radical (unpaired) electrons. The molecule has 0 aliphatic heterocycles. The van der Waals surface area contributed by atoms with E-state index in [0.717, 1.165) is 43.2 Å². The number of ether oxygens (including phenoxy) is 4. The molecule has 8 heteroatoms. The predicted octanol–water partition coefficient (Wildman–Crippen LogP) is 9.42. The average Bonchev–Trinajstić information content (AvgIpc) is 3.14. The van der Waals surface area contributed by atoms with Gasteiger partial charge in [-0.15, -0.1) is 0 Å². The van der Waals surface area contributed by atoms with Gasteiger partial charge in [0.25, 0.3) is 0 Å². The molecule has 0 N–H and O–H groups in total. The molecular weight excluding hydrogens is 644 g/mol. The van der Waals surface area contributed by atoms with Gasteiger partial charge in [0.15, 0.2) is 0 Å². The van der Waals surface area contributed by atoms with Crippen molar-refractivity contribution in [2.24, 2.45) is 0 Å². The lowest BCUT2D eigenvalue weighted by Crippen LogP contribution is -2.12. The van der Waals surface area contributed by atoms with Crippen LogP contribution in [0.25, 0.3) is 0 Å². The maximum absolute atomic E-state index is 13.0. The van der Waals surface area contributed by atoms with Gasteiger partial charge in [0, 0.05) is 0 Å². The van der Waals surface area contributed by atoms with Gasteiger partial charge in [-0.1, -0.05) is 64.3 Å². The molecule has 8 nitrogen and oxygen atoms in total. The summed E-state index contributed by atoms with van der Waals surface area (Å²) in [4.78, 5) is 51.1. The quantitative estimate of drug-likeness (QED) is 0.0842. The van der Waals surface area contributed by atoms with Crippen LogP contribution in [0.1, 0.15) is 98.2 Å². The van der Waals surface area contributed by atoms with Crippen LogP contribution in [-0.2, 0) is 19.3 Å². The Labute approximate surface area is 298 Å². The topological polar surface area (TPSA) is 105 Å². The van der Waals surface area contributed by atoms with Crippen molar-refractivity contribution in [3.8, 4) is 23.0 Å². The second-order valence-corrected chi connectivity index (χ2v) is 12.0. The summed E-state index contributed by atoms with van der Waals surface area (Å²) in [6, 6.07) is 31.7. The summed E-state index contributed by atoms with van der Waals surface area (Å²) in [5.41, 5.74) is 4.43. The SMILES string of the molecule is CCCc1ccc(C(=O)Oc2ccc(C(=O)Oc3ccc(OC(=O)c4ccc(OC(=O)c5ccc(CCC)cc5)cc4)c(CCC)c3)cc2)cc1. The molecule has 0 aromatic heterocycles. The van der Waals surface area contributed by atoms with Crippen LogP contribution in [0.4, 0.5) is 0 Å². The lowest BCUT2D eigenvalue weighted by molar-refractivity contribution is 0.0715. The zero-order valence-electron chi connectivity index (χ0n) is 29.0. The van der Waals surface area contributed by atoms with Crippen LogP contribution in [0.15, 0.2) is 115 Å². The van der Waals surface area contributed by atoms with E-state index in [4.69, 9.17) is 18.9 Å². The van der Waals surface area contributed by atoms with Gasteiger partial charge < -0.3 is 18.9 Å². The molecule has 51 heavy (non-hydrogen) atoms. The van der Waals surface area contributed by atoms with E-state index in [0.29, 0.717) is 40.4 Å². The smallest absolute Gasteiger partial charge is 0.343 e. The minimum absolute atomic E-state index is 0.269. The Balaban J connectivity index is 1.17. The van der Waals surface area contributed by atoms with Gasteiger partial charge >= 0.3 is 23.9 Å². The van der Waals surface area contributed by atoms with E-state index in [1.807, 2.05) is 31.2 Å². The van der Waals surface area contributed by atoms with Crippen LogP contribution in [0.5, 0.6) is 23.0 Å². The van der Waals surface area contributed by atoms with E-state index < -0.39 is 23.9 Å². The molecular formula is C43H40O8. The second-order valence-electron chi connectivity index (χ2n) is 12.0. The van der Waals surface area contributed by atoms with Gasteiger partial charge in [-0.05, 0) is 127 Å². The van der Waals surface area contributed by atoms with Crippen LogP contribution in [0.3, 0.4) is 0 Å². The van der Waals surface area contributed by atoms with Gasteiger partial charge in [-0.2, -0.15) is 0 Å². The van der Waals surface area contributed by atoms with Gasteiger partial charge in [0.2, 0.25) is 0 Å². The van der Waals surface area contributed by atoms with Gasteiger partial charge in [-0.25, -0.2) is 19.2 Å². The first-order valence-electron chi connectivity index (χ1n) is 17.2. The highest BCUT2D eigenvalue weighted by molar-refractivity contribution is 5.94. The van der Waals surface area contributed by atoms with Crippen molar-refractivity contribution < 1.29 is 38.1 Å². The zero-order chi connectivity index (χ0) is 36.2. The highest BCUT2D eigenvalue weighted by atomic mass is 16.5. The molecule has 0 amide bonds. The van der Waals surface area contributed by atoms with Crippen LogP contribution in [0, 0.1) is 0 Å². The molecule has 0 unspecified atom stereocenters. The van der Waals surface area contributed by atoms with Crippen LogP contribution >= 0.6 is 0 Å². The molecule has 0 spiro atoms. The summed E-state index contributed by atoms with van der Waals surface area (Å²) in [7, 11) is 0. The minimum Gasteiger partial charge on any atom is -0.423 e. The Kier molecular flexibility index (Phi) is 12.5. The fourth-order valence-electron chi connectivity index (χ4n) is 5.35. The van der Waals surface area contributed by atoms with Gasteiger partial charge in [0.1, 0.15) is 23.0 Å². The number of esters is 4. The molecule has 0 atom stereocenters. The van der Waals surface area contributed by atoms with E-state index in [9.17, 15) is 19.2 Å². The maximum atomic E-state index is 13.0. The molecule has 5 rings (SSSR count). The van der Waals surface area contributed by atoms with Crippen molar-refractivity contribution in [3.63, 3.8) is 0 Å². The Morgan fingerprint density at radius 2 is 0.725 bits per heavy atom. The summed E-state index contributed by atoms with van der Waals surface area (Å²) in [6.07, 6.45) is 5.26. The van der Waals surface area contributed by atoms with Crippen molar-refractivity contribution in [1.82, 2.24) is 0 Å². The molecule has 5 aromatic carbocycles. The fourth-order valence-corrected chi connectivity index (χ4v) is 5.35. The Bertz CT molecular complexity index is 1960. The number of benzene rings is 5. The third-order valence-electron chi connectivity index (χ3n) is 8.02. The summed E-state index contributed by atoms with van der Waals surface area (Å²) >= 11 is 0. The molecule has 260 valence electrons. The Morgan fingerprint density at radius 3 is 1.12 bits per heavy atom. The number of carbonyl (C=O) groups is 4. The Morgan fingerprint density at radius 1 is 0.392 bits per heavy atom. The van der Waals surface area contributed by atoms with Crippen molar-refractivity contribution >= 4 is 23.9 Å². The van der Waals surface area contributed by atoms with Crippen molar-refractivity contribution in [2.75, 3.05) is 0 Å². The van der Waals surface area contributed by atoms with E-state index in [1.54, 1.807) is 42.5 Å². The average molecular weight is 685 g/mol. The number of hydrogen-bond acceptors (Lipinski definition) is 8. The first-order valence-corrected chi connectivity index (χ1v) is 17.2. The van der Waals surface area contributed by atoms with Crippen molar-refractivity contribution in [3.05, 3.63) is 154 Å². The van der Waals surface area contributed by atoms with Crippen LogP contribution in [0.2, 0.25) is 0 Å². The summed E-state index contributed by atoms with van der Waals surface area (Å²) in [5, 5.41) is 0. The molecule has 0 aliphatic rings. The summed E-state index contributed by atoms with van der Waals surface area (Å²) in [6.45, 7) is 6.18. The largest absolute Gasteiger partial charge is 0.423 e. The summed E-state index contributed by atoms with van der Waals surface area (Å²) in [5.74, 6) is -0.923. The molecule has 5 aromatic rings. The van der Waals surface area contributed by atoms with Crippen LogP contribution in [-0.4, -0.2) is 23.9 Å². The van der Waals surface area contributed by atoms with Gasteiger partial charge in [0.05, 0.1) is 22.3 Å². The third kappa shape index (κ3) is 10.0. The highest BCUT2D eigenvalue weighted by Crippen LogP contribution is 2.28. The van der Waals surface area contributed by atoms with Gasteiger partial charge in [-0.3, -0.25) is 0 Å². The monoisotopic (exact) mass is 684 g/mol. The van der Waals surface area contributed by atoms with E-state index >= 15 is 0 Å². The molecule has 0 aliphatic carbocycles. The summed E-state index contributed by atoms with van der Waals surface area (Å²) < 4.78 is 22.3. The fraction of sp³-hybridized carbons (Fsp3) is 0.209. The first kappa shape index (κ1) is 36.3. The van der Waals surface area contributed by atoms with E-state index in [1.165, 1.54) is 48.5 Å².